The quantitative estimate of drug-likeness (QED) is 0.772. The van der Waals surface area contributed by atoms with Gasteiger partial charge in [0.05, 0.1) is 0 Å². The Morgan fingerprint density at radius 3 is 2.60 bits per heavy atom. The lowest BCUT2D eigenvalue weighted by Gasteiger charge is -2.28. The number of thioether (sulfide) groups is 1. The van der Waals surface area contributed by atoms with Crippen LogP contribution in [-0.4, -0.2) is 65.1 Å². The molecule has 6 heteroatoms. The van der Waals surface area contributed by atoms with Crippen molar-refractivity contribution in [2.45, 2.75) is 12.5 Å². The summed E-state index contributed by atoms with van der Waals surface area (Å²) in [6, 6.07) is 0.0312. The second-order valence-corrected chi connectivity index (χ2v) is 4.81. The molecule has 0 aromatic rings. The minimum Gasteiger partial charge on any atom is -0.480 e. The fourth-order valence-electron chi connectivity index (χ4n) is 1.52. The van der Waals surface area contributed by atoms with Crippen LogP contribution in [0, 0.1) is 0 Å². The van der Waals surface area contributed by atoms with Crippen molar-refractivity contribution >= 4 is 23.8 Å². The number of carboxylic acids is 1. The number of urea groups is 1. The van der Waals surface area contributed by atoms with E-state index in [-0.39, 0.29) is 18.6 Å². The molecule has 1 rings (SSSR count). The fraction of sp³-hybridized carbons (Fsp3) is 0.778. The van der Waals surface area contributed by atoms with Crippen molar-refractivity contribution in [3.63, 3.8) is 0 Å². The normalized spacial score (nSPS) is 20.0. The van der Waals surface area contributed by atoms with Crippen molar-refractivity contribution in [1.29, 1.82) is 0 Å². The molecule has 15 heavy (non-hydrogen) atoms. The van der Waals surface area contributed by atoms with E-state index in [1.165, 1.54) is 11.9 Å². The number of amides is 2. The highest BCUT2D eigenvalue weighted by Crippen LogP contribution is 2.21. The number of likely N-dealkylation sites (N-methyl/N-ethyl adjacent to an activating group) is 1. The Morgan fingerprint density at radius 1 is 1.47 bits per heavy atom. The summed E-state index contributed by atoms with van der Waals surface area (Å²) < 4.78 is 0. The van der Waals surface area contributed by atoms with Gasteiger partial charge in [-0.1, -0.05) is 0 Å². The SMILES string of the molecule is CN(CC(=O)O)C(=O)N(C)C1CCSC1. The second kappa shape index (κ2) is 5.25. The predicted molar refractivity (Wildman–Crippen MR) is 59.2 cm³/mol. The third-order valence-corrected chi connectivity index (χ3v) is 3.60. The minimum atomic E-state index is -0.986. The average molecular weight is 232 g/mol. The van der Waals surface area contributed by atoms with E-state index < -0.39 is 5.97 Å². The molecule has 1 fully saturated rings. The molecule has 0 aromatic carbocycles. The number of nitrogens with zero attached hydrogens (tertiary/aromatic N) is 2. The van der Waals surface area contributed by atoms with Crippen molar-refractivity contribution in [3.05, 3.63) is 0 Å². The van der Waals surface area contributed by atoms with Crippen molar-refractivity contribution < 1.29 is 14.7 Å². The van der Waals surface area contributed by atoms with Gasteiger partial charge in [-0.3, -0.25) is 4.79 Å². The first-order chi connectivity index (χ1) is 7.02. The lowest BCUT2D eigenvalue weighted by Crippen LogP contribution is -2.46. The molecule has 1 heterocycles. The summed E-state index contributed by atoms with van der Waals surface area (Å²) in [4.78, 5) is 25.1. The van der Waals surface area contributed by atoms with Crippen molar-refractivity contribution in [2.24, 2.45) is 0 Å². The highest BCUT2D eigenvalue weighted by Gasteiger charge is 2.26. The average Bonchev–Trinajstić information content (AvgIpc) is 2.67. The van der Waals surface area contributed by atoms with Crippen LogP contribution in [0.2, 0.25) is 0 Å². The van der Waals surface area contributed by atoms with E-state index in [1.54, 1.807) is 11.9 Å². The molecule has 86 valence electrons. The Balaban J connectivity index is 2.47. The summed E-state index contributed by atoms with van der Waals surface area (Å²) in [5.41, 5.74) is 0. The van der Waals surface area contributed by atoms with Gasteiger partial charge in [0.15, 0.2) is 0 Å². The van der Waals surface area contributed by atoms with E-state index in [0.29, 0.717) is 0 Å². The van der Waals surface area contributed by atoms with E-state index in [0.717, 1.165) is 17.9 Å². The zero-order valence-corrected chi connectivity index (χ0v) is 9.79. The molecular formula is C9H16N2O3S. The Hall–Kier alpha value is -0.910. The Labute approximate surface area is 93.4 Å². The van der Waals surface area contributed by atoms with Gasteiger partial charge < -0.3 is 14.9 Å². The first-order valence-electron chi connectivity index (χ1n) is 4.80. The van der Waals surface area contributed by atoms with Crippen LogP contribution in [-0.2, 0) is 4.79 Å². The molecule has 1 atom stereocenters. The number of aliphatic carboxylic acids is 1. The van der Waals surface area contributed by atoms with Crippen LogP contribution in [0.25, 0.3) is 0 Å². The van der Waals surface area contributed by atoms with Gasteiger partial charge in [0, 0.05) is 25.9 Å². The lowest BCUT2D eigenvalue weighted by atomic mass is 10.2. The summed E-state index contributed by atoms with van der Waals surface area (Å²) in [5.74, 6) is 1.04. The third kappa shape index (κ3) is 3.30. The maximum atomic E-state index is 11.7. The summed E-state index contributed by atoms with van der Waals surface area (Å²) in [6.07, 6.45) is 0.994. The molecule has 1 saturated heterocycles. The molecular weight excluding hydrogens is 216 g/mol. The molecule has 2 amide bonds. The second-order valence-electron chi connectivity index (χ2n) is 3.66. The molecule has 0 spiro atoms. The van der Waals surface area contributed by atoms with Gasteiger partial charge in [-0.05, 0) is 12.2 Å². The van der Waals surface area contributed by atoms with Crippen molar-refractivity contribution in [2.75, 3.05) is 32.1 Å². The zero-order chi connectivity index (χ0) is 11.4. The number of rotatable bonds is 3. The van der Waals surface area contributed by atoms with E-state index >= 15 is 0 Å². The molecule has 5 nitrogen and oxygen atoms in total. The molecule has 1 unspecified atom stereocenters. The largest absolute Gasteiger partial charge is 0.480 e. The van der Waals surface area contributed by atoms with Gasteiger partial charge >= 0.3 is 12.0 Å². The first kappa shape index (κ1) is 12.2. The predicted octanol–water partition coefficient (Wildman–Crippen LogP) is 0.560. The molecule has 0 aliphatic carbocycles. The van der Waals surface area contributed by atoms with Crippen molar-refractivity contribution in [3.8, 4) is 0 Å². The molecule has 1 N–H and O–H groups in total. The Kier molecular flexibility index (Phi) is 4.26. The molecule has 0 saturated carbocycles. The van der Waals surface area contributed by atoms with Crippen LogP contribution in [0.1, 0.15) is 6.42 Å². The topological polar surface area (TPSA) is 60.9 Å². The van der Waals surface area contributed by atoms with E-state index in [9.17, 15) is 9.59 Å². The highest BCUT2D eigenvalue weighted by molar-refractivity contribution is 7.99. The summed E-state index contributed by atoms with van der Waals surface area (Å²) in [6.45, 7) is -0.247. The Bertz CT molecular complexity index is 254. The van der Waals surface area contributed by atoms with Gasteiger partial charge in [-0.15, -0.1) is 0 Å². The Morgan fingerprint density at radius 2 is 2.13 bits per heavy atom. The lowest BCUT2D eigenvalue weighted by molar-refractivity contribution is -0.137. The van der Waals surface area contributed by atoms with Gasteiger partial charge in [-0.2, -0.15) is 11.8 Å². The van der Waals surface area contributed by atoms with Gasteiger partial charge in [0.25, 0.3) is 0 Å². The number of carbonyl (C=O) groups is 2. The summed E-state index contributed by atoms with van der Waals surface area (Å²) in [7, 11) is 3.24. The minimum absolute atomic E-state index is 0.218. The van der Waals surface area contributed by atoms with Crippen molar-refractivity contribution in [1.82, 2.24) is 9.80 Å². The maximum Gasteiger partial charge on any atom is 0.323 e. The smallest absolute Gasteiger partial charge is 0.323 e. The van der Waals surface area contributed by atoms with Crippen LogP contribution in [0.5, 0.6) is 0 Å². The van der Waals surface area contributed by atoms with Crippen LogP contribution < -0.4 is 0 Å². The molecule has 0 bridgehead atoms. The monoisotopic (exact) mass is 232 g/mol. The first-order valence-corrected chi connectivity index (χ1v) is 5.95. The third-order valence-electron chi connectivity index (χ3n) is 2.45. The number of hydrogen-bond acceptors (Lipinski definition) is 3. The molecule has 0 aromatic heterocycles. The van der Waals surface area contributed by atoms with Crippen LogP contribution in [0.3, 0.4) is 0 Å². The fourth-order valence-corrected chi connectivity index (χ4v) is 2.79. The zero-order valence-electron chi connectivity index (χ0n) is 8.97. The van der Waals surface area contributed by atoms with Crippen LogP contribution >= 0.6 is 11.8 Å². The highest BCUT2D eigenvalue weighted by atomic mass is 32.2. The van der Waals surface area contributed by atoms with Crippen LogP contribution in [0.4, 0.5) is 4.79 Å². The number of carboxylic acid groups (broad SMARTS) is 1. The number of carbonyl (C=O) groups excluding carboxylic acids is 1. The van der Waals surface area contributed by atoms with Gasteiger partial charge in [0.1, 0.15) is 6.54 Å². The van der Waals surface area contributed by atoms with E-state index in [1.807, 2.05) is 11.8 Å². The van der Waals surface area contributed by atoms with Crippen LogP contribution in [0.15, 0.2) is 0 Å². The summed E-state index contributed by atoms with van der Waals surface area (Å²) in [5, 5.41) is 8.56. The molecule has 1 aliphatic rings. The molecule has 0 radical (unpaired) electrons. The van der Waals surface area contributed by atoms with E-state index in [4.69, 9.17) is 5.11 Å². The summed E-state index contributed by atoms with van der Waals surface area (Å²) >= 11 is 1.82. The maximum absolute atomic E-state index is 11.7. The molecule has 1 aliphatic heterocycles. The van der Waals surface area contributed by atoms with Gasteiger partial charge in [0.2, 0.25) is 0 Å². The standard InChI is InChI=1S/C9H16N2O3S/c1-10(5-8(12)13)9(14)11(2)7-3-4-15-6-7/h7H,3-6H2,1-2H3,(H,12,13). The number of hydrogen-bond donors (Lipinski definition) is 1. The van der Waals surface area contributed by atoms with Gasteiger partial charge in [-0.25, -0.2) is 4.79 Å². The van der Waals surface area contributed by atoms with E-state index in [2.05, 4.69) is 0 Å².